The molecule has 0 radical (unpaired) electrons. The lowest BCUT2D eigenvalue weighted by Gasteiger charge is -1.91. The summed E-state index contributed by atoms with van der Waals surface area (Å²) >= 11 is 1.32. The lowest BCUT2D eigenvalue weighted by molar-refractivity contribution is 0.0696. The van der Waals surface area contributed by atoms with Gasteiger partial charge in [-0.15, -0.1) is 0 Å². The Hall–Kier alpha value is -0.900. The third-order valence-electron chi connectivity index (χ3n) is 1.78. The SMILES string of the molecule is O=C(O)c1cnsc1C1CC1. The van der Waals surface area contributed by atoms with Crippen molar-refractivity contribution in [2.75, 3.05) is 0 Å². The van der Waals surface area contributed by atoms with E-state index in [1.165, 1.54) is 17.7 Å². The van der Waals surface area contributed by atoms with Crippen molar-refractivity contribution in [1.82, 2.24) is 4.37 Å². The van der Waals surface area contributed by atoms with Crippen LogP contribution in [0.2, 0.25) is 0 Å². The lowest BCUT2D eigenvalue weighted by Crippen LogP contribution is -1.96. The number of aromatic carboxylic acids is 1. The van der Waals surface area contributed by atoms with Crippen LogP contribution < -0.4 is 0 Å². The van der Waals surface area contributed by atoms with E-state index in [1.807, 2.05) is 0 Å². The van der Waals surface area contributed by atoms with Gasteiger partial charge in [0.25, 0.3) is 0 Å². The molecule has 0 saturated heterocycles. The molecule has 0 atom stereocenters. The molecule has 1 fully saturated rings. The predicted octanol–water partition coefficient (Wildman–Crippen LogP) is 1.72. The van der Waals surface area contributed by atoms with Crippen molar-refractivity contribution in [3.63, 3.8) is 0 Å². The molecule has 0 aromatic carbocycles. The zero-order valence-electron chi connectivity index (χ0n) is 5.78. The molecule has 1 heterocycles. The third kappa shape index (κ3) is 1.14. The Morgan fingerprint density at radius 3 is 3.00 bits per heavy atom. The van der Waals surface area contributed by atoms with Crippen molar-refractivity contribution in [2.24, 2.45) is 0 Å². The first kappa shape index (κ1) is 6.79. The zero-order chi connectivity index (χ0) is 7.84. The molecule has 1 N–H and O–H groups in total. The summed E-state index contributed by atoms with van der Waals surface area (Å²) in [5, 5.41) is 8.70. The van der Waals surface area contributed by atoms with Gasteiger partial charge in [0.05, 0.1) is 11.8 Å². The summed E-state index contributed by atoms with van der Waals surface area (Å²) in [6.45, 7) is 0. The Morgan fingerprint density at radius 1 is 1.73 bits per heavy atom. The van der Waals surface area contributed by atoms with E-state index < -0.39 is 5.97 Å². The minimum Gasteiger partial charge on any atom is -0.478 e. The molecule has 3 nitrogen and oxygen atoms in total. The summed E-state index contributed by atoms with van der Waals surface area (Å²) in [4.78, 5) is 11.5. The van der Waals surface area contributed by atoms with E-state index in [0.717, 1.165) is 17.7 Å². The van der Waals surface area contributed by atoms with E-state index in [0.29, 0.717) is 11.5 Å². The minimum atomic E-state index is -0.847. The lowest BCUT2D eigenvalue weighted by atomic mass is 10.2. The fourth-order valence-corrected chi connectivity index (χ4v) is 1.94. The maximum absolute atomic E-state index is 10.6. The van der Waals surface area contributed by atoms with Crippen molar-refractivity contribution in [1.29, 1.82) is 0 Å². The Kier molecular flexibility index (Phi) is 1.42. The highest BCUT2D eigenvalue weighted by molar-refractivity contribution is 7.06. The van der Waals surface area contributed by atoms with Gasteiger partial charge in [0, 0.05) is 4.88 Å². The number of hydrogen-bond donors (Lipinski definition) is 1. The standard InChI is InChI=1S/C7H7NO2S/c9-7(10)5-3-8-11-6(5)4-1-2-4/h3-4H,1-2H2,(H,9,10). The van der Waals surface area contributed by atoms with Gasteiger partial charge in [-0.2, -0.15) is 4.37 Å². The largest absolute Gasteiger partial charge is 0.478 e. The van der Waals surface area contributed by atoms with Gasteiger partial charge in [0.1, 0.15) is 0 Å². The quantitative estimate of drug-likeness (QED) is 0.733. The molecule has 0 spiro atoms. The molecule has 1 aromatic rings. The van der Waals surface area contributed by atoms with Crippen molar-refractivity contribution >= 4 is 17.5 Å². The Morgan fingerprint density at radius 2 is 2.45 bits per heavy atom. The summed E-state index contributed by atoms with van der Waals surface area (Å²) < 4.78 is 3.87. The first-order valence-corrected chi connectivity index (χ1v) is 4.24. The van der Waals surface area contributed by atoms with Crippen LogP contribution in [0.1, 0.15) is 34.0 Å². The highest BCUT2D eigenvalue weighted by Gasteiger charge is 2.29. The fourth-order valence-electron chi connectivity index (χ4n) is 1.05. The second-order valence-corrected chi connectivity index (χ2v) is 3.52. The third-order valence-corrected chi connectivity index (χ3v) is 2.74. The second kappa shape index (κ2) is 2.30. The van der Waals surface area contributed by atoms with Gasteiger partial charge < -0.3 is 5.11 Å². The van der Waals surface area contributed by atoms with E-state index in [2.05, 4.69) is 4.37 Å². The highest BCUT2D eigenvalue weighted by Crippen LogP contribution is 2.43. The summed E-state index contributed by atoms with van der Waals surface area (Å²) in [6, 6.07) is 0. The van der Waals surface area contributed by atoms with Crippen LogP contribution in [0.3, 0.4) is 0 Å². The summed E-state index contributed by atoms with van der Waals surface area (Å²) in [5.41, 5.74) is 0.400. The van der Waals surface area contributed by atoms with Gasteiger partial charge >= 0.3 is 5.97 Å². The number of carbonyl (C=O) groups is 1. The molecule has 1 aromatic heterocycles. The normalized spacial score (nSPS) is 16.7. The van der Waals surface area contributed by atoms with Crippen LogP contribution in [0.15, 0.2) is 6.20 Å². The molecule has 2 rings (SSSR count). The van der Waals surface area contributed by atoms with Crippen LogP contribution >= 0.6 is 11.5 Å². The average molecular weight is 169 g/mol. The minimum absolute atomic E-state index is 0.400. The number of nitrogens with zero attached hydrogens (tertiary/aromatic N) is 1. The number of carboxylic acid groups (broad SMARTS) is 1. The number of hydrogen-bond acceptors (Lipinski definition) is 3. The first-order chi connectivity index (χ1) is 5.29. The van der Waals surface area contributed by atoms with Crippen molar-refractivity contribution in [3.05, 3.63) is 16.6 Å². The molecule has 11 heavy (non-hydrogen) atoms. The van der Waals surface area contributed by atoms with Gasteiger partial charge in [0.2, 0.25) is 0 Å². The van der Waals surface area contributed by atoms with Crippen molar-refractivity contribution < 1.29 is 9.90 Å². The predicted molar refractivity (Wildman–Crippen MR) is 41.0 cm³/mol. The molecular formula is C7H7NO2S. The van der Waals surface area contributed by atoms with Gasteiger partial charge in [-0.3, -0.25) is 0 Å². The van der Waals surface area contributed by atoms with Crippen molar-refractivity contribution in [3.8, 4) is 0 Å². The second-order valence-electron chi connectivity index (χ2n) is 2.68. The molecule has 0 unspecified atom stereocenters. The van der Waals surface area contributed by atoms with Gasteiger partial charge in [-0.1, -0.05) is 0 Å². The molecule has 4 heteroatoms. The van der Waals surface area contributed by atoms with Crippen LogP contribution in [0.5, 0.6) is 0 Å². The number of aromatic nitrogens is 1. The molecule has 0 aliphatic heterocycles. The van der Waals surface area contributed by atoms with Crippen LogP contribution in [0.25, 0.3) is 0 Å². The monoisotopic (exact) mass is 169 g/mol. The number of rotatable bonds is 2. The Bertz CT molecular complexity index is 290. The van der Waals surface area contributed by atoms with Gasteiger partial charge in [-0.25, -0.2) is 4.79 Å². The highest BCUT2D eigenvalue weighted by atomic mass is 32.1. The van der Waals surface area contributed by atoms with Crippen molar-refractivity contribution in [2.45, 2.75) is 18.8 Å². The maximum atomic E-state index is 10.6. The van der Waals surface area contributed by atoms with Gasteiger partial charge in [0.15, 0.2) is 0 Å². The summed E-state index contributed by atoms with van der Waals surface area (Å²) in [6.07, 6.45) is 3.70. The van der Waals surface area contributed by atoms with E-state index in [4.69, 9.17) is 5.11 Å². The van der Waals surface area contributed by atoms with Crippen LogP contribution in [-0.4, -0.2) is 15.4 Å². The zero-order valence-corrected chi connectivity index (χ0v) is 6.60. The molecule has 1 aliphatic rings. The van der Waals surface area contributed by atoms with Crippen LogP contribution in [0.4, 0.5) is 0 Å². The number of carboxylic acids is 1. The van der Waals surface area contributed by atoms with E-state index in [9.17, 15) is 4.79 Å². The molecular weight excluding hydrogens is 162 g/mol. The van der Waals surface area contributed by atoms with E-state index >= 15 is 0 Å². The van der Waals surface area contributed by atoms with Crippen LogP contribution in [0, 0.1) is 0 Å². The molecule has 58 valence electrons. The Balaban J connectivity index is 2.37. The molecule has 0 amide bonds. The Labute approximate surface area is 67.8 Å². The average Bonchev–Trinajstić information content (AvgIpc) is 2.68. The first-order valence-electron chi connectivity index (χ1n) is 3.47. The van der Waals surface area contributed by atoms with E-state index in [-0.39, 0.29) is 0 Å². The summed E-state index contributed by atoms with van der Waals surface area (Å²) in [7, 11) is 0. The maximum Gasteiger partial charge on any atom is 0.338 e. The van der Waals surface area contributed by atoms with Crippen LogP contribution in [-0.2, 0) is 0 Å². The smallest absolute Gasteiger partial charge is 0.338 e. The molecule has 1 saturated carbocycles. The fraction of sp³-hybridized carbons (Fsp3) is 0.429. The summed E-state index contributed by atoms with van der Waals surface area (Å²) in [5.74, 6) is -0.353. The van der Waals surface area contributed by atoms with E-state index in [1.54, 1.807) is 0 Å². The molecule has 0 bridgehead atoms. The molecule has 1 aliphatic carbocycles. The topological polar surface area (TPSA) is 50.2 Å². The van der Waals surface area contributed by atoms with Gasteiger partial charge in [-0.05, 0) is 30.3 Å².